The molecule has 1 heterocycles. The fourth-order valence-corrected chi connectivity index (χ4v) is 4.30. The largest absolute Gasteiger partial charge is 0.360 e. The Hall–Kier alpha value is -2.57. The number of rotatable bonds is 11. The molecule has 1 aromatic heterocycles. The second-order valence-electron chi connectivity index (χ2n) is 7.58. The summed E-state index contributed by atoms with van der Waals surface area (Å²) in [6.07, 6.45) is 1.82. The monoisotopic (exact) mass is 468 g/mol. The van der Waals surface area contributed by atoms with Gasteiger partial charge in [-0.1, -0.05) is 91.0 Å². The third-order valence-corrected chi connectivity index (χ3v) is 6.04. The van der Waals surface area contributed by atoms with Crippen molar-refractivity contribution in [1.29, 1.82) is 0 Å². The first-order valence-electron chi connectivity index (χ1n) is 10.8. The lowest BCUT2D eigenvalue weighted by atomic mass is 10.1. The van der Waals surface area contributed by atoms with Gasteiger partial charge >= 0.3 is 0 Å². The molecule has 0 unspecified atom stereocenters. The average molecular weight is 469 g/mol. The van der Waals surface area contributed by atoms with Crippen LogP contribution in [-0.2, 0) is 17.8 Å². The van der Waals surface area contributed by atoms with Gasteiger partial charge in [-0.2, -0.15) is 0 Å². The Labute approximate surface area is 199 Å². The Balaban J connectivity index is 1.67. The van der Waals surface area contributed by atoms with Crippen LogP contribution in [0.25, 0.3) is 0 Å². The number of nitrogens with zero attached hydrogens (tertiary/aromatic N) is 4. The summed E-state index contributed by atoms with van der Waals surface area (Å²) in [5, 5.41) is 0.907. The Morgan fingerprint density at radius 1 is 0.969 bits per heavy atom. The van der Waals surface area contributed by atoms with Gasteiger partial charge in [-0.3, -0.25) is 4.79 Å². The molecule has 0 aliphatic carbocycles. The maximum atomic E-state index is 13.2. The highest BCUT2D eigenvalue weighted by molar-refractivity contribution is 7.99. The van der Waals surface area contributed by atoms with E-state index in [9.17, 15) is 4.79 Å². The van der Waals surface area contributed by atoms with Crippen molar-refractivity contribution in [1.82, 2.24) is 14.9 Å². The highest BCUT2D eigenvalue weighted by Crippen LogP contribution is 2.22. The molecule has 0 atom stereocenters. The van der Waals surface area contributed by atoms with E-state index in [0.29, 0.717) is 23.4 Å². The molecule has 7 heteroatoms. The van der Waals surface area contributed by atoms with E-state index in [1.165, 1.54) is 17.3 Å². The number of anilines is 1. The molecule has 3 rings (SSSR count). The zero-order valence-electron chi connectivity index (χ0n) is 18.6. The van der Waals surface area contributed by atoms with Crippen molar-refractivity contribution < 1.29 is 4.79 Å². The number of benzene rings is 2. The topological polar surface area (TPSA) is 49.3 Å². The minimum Gasteiger partial charge on any atom is -0.360 e. The number of thioether (sulfide) groups is 1. The normalized spacial score (nSPS) is 10.7. The van der Waals surface area contributed by atoms with E-state index in [1.54, 1.807) is 6.07 Å². The Morgan fingerprint density at radius 2 is 1.62 bits per heavy atom. The molecule has 0 bridgehead atoms. The summed E-state index contributed by atoms with van der Waals surface area (Å²) >= 11 is 7.54. The van der Waals surface area contributed by atoms with E-state index < -0.39 is 0 Å². The lowest BCUT2D eigenvalue weighted by Crippen LogP contribution is -2.34. The van der Waals surface area contributed by atoms with Gasteiger partial charge in [0, 0.05) is 32.7 Å². The fourth-order valence-electron chi connectivity index (χ4n) is 3.32. The minimum absolute atomic E-state index is 0.0572. The highest BCUT2D eigenvalue weighted by Gasteiger charge is 2.16. The molecule has 1 amide bonds. The van der Waals surface area contributed by atoms with Crippen molar-refractivity contribution in [3.05, 3.63) is 83.0 Å². The van der Waals surface area contributed by atoms with E-state index in [1.807, 2.05) is 65.4 Å². The lowest BCUT2D eigenvalue weighted by molar-refractivity contribution is -0.128. The number of halogens is 1. The maximum absolute atomic E-state index is 13.2. The van der Waals surface area contributed by atoms with Crippen LogP contribution < -0.4 is 4.90 Å². The van der Waals surface area contributed by atoms with Crippen LogP contribution in [0, 0.1) is 0 Å². The summed E-state index contributed by atoms with van der Waals surface area (Å²) in [4.78, 5) is 26.0. The number of carbonyl (C=O) groups is 1. The summed E-state index contributed by atoms with van der Waals surface area (Å²) in [5.41, 5.74) is 2.33. The highest BCUT2D eigenvalue weighted by atomic mass is 35.5. The van der Waals surface area contributed by atoms with Crippen LogP contribution in [0.4, 0.5) is 5.82 Å². The summed E-state index contributed by atoms with van der Waals surface area (Å²) in [5.74, 6) is 1.09. The lowest BCUT2D eigenvalue weighted by Gasteiger charge is -2.23. The number of amides is 1. The van der Waals surface area contributed by atoms with Crippen LogP contribution in [-0.4, -0.2) is 46.7 Å². The first-order chi connectivity index (χ1) is 15.5. The maximum Gasteiger partial charge on any atom is 0.233 e. The Kier molecular flexibility index (Phi) is 9.38. The first-order valence-corrected chi connectivity index (χ1v) is 12.2. The first kappa shape index (κ1) is 24.1. The second-order valence-corrected chi connectivity index (χ2v) is 8.91. The predicted molar refractivity (Wildman–Crippen MR) is 133 cm³/mol. The predicted octanol–water partition coefficient (Wildman–Crippen LogP) is 5.34. The van der Waals surface area contributed by atoms with Crippen LogP contribution in [0.15, 0.2) is 71.9 Å². The van der Waals surface area contributed by atoms with Crippen molar-refractivity contribution in [2.75, 3.05) is 30.8 Å². The van der Waals surface area contributed by atoms with Crippen molar-refractivity contribution in [3.63, 3.8) is 0 Å². The fraction of sp³-hybridized carbons (Fsp3) is 0.320. The molecule has 32 heavy (non-hydrogen) atoms. The quantitative estimate of drug-likeness (QED) is 0.216. The van der Waals surface area contributed by atoms with Gasteiger partial charge < -0.3 is 9.80 Å². The molecule has 2 aromatic carbocycles. The molecule has 0 spiro atoms. The molecule has 0 fully saturated rings. The van der Waals surface area contributed by atoms with Gasteiger partial charge in [0.2, 0.25) is 5.91 Å². The van der Waals surface area contributed by atoms with Gasteiger partial charge in [-0.05, 0) is 24.0 Å². The number of hydrogen-bond donors (Lipinski definition) is 0. The molecular formula is C25H29ClN4OS. The van der Waals surface area contributed by atoms with Gasteiger partial charge in [-0.25, -0.2) is 9.97 Å². The number of carbonyl (C=O) groups excluding carboxylic acids is 1. The zero-order chi connectivity index (χ0) is 22.8. The third kappa shape index (κ3) is 7.53. The van der Waals surface area contributed by atoms with Crippen molar-refractivity contribution in [2.24, 2.45) is 0 Å². The Morgan fingerprint density at radius 3 is 2.28 bits per heavy atom. The van der Waals surface area contributed by atoms with E-state index >= 15 is 0 Å². The van der Waals surface area contributed by atoms with Crippen molar-refractivity contribution in [3.8, 4) is 0 Å². The van der Waals surface area contributed by atoms with Gasteiger partial charge in [0.15, 0.2) is 5.16 Å². The van der Waals surface area contributed by atoms with Crippen LogP contribution in [0.5, 0.6) is 0 Å². The van der Waals surface area contributed by atoms with Gasteiger partial charge in [-0.15, -0.1) is 0 Å². The molecule has 0 saturated carbocycles. The molecule has 0 N–H and O–H groups in total. The van der Waals surface area contributed by atoms with E-state index in [2.05, 4.69) is 29.0 Å². The van der Waals surface area contributed by atoms with Gasteiger partial charge in [0.25, 0.3) is 0 Å². The van der Waals surface area contributed by atoms with E-state index in [-0.39, 0.29) is 11.7 Å². The summed E-state index contributed by atoms with van der Waals surface area (Å²) in [6, 6.07) is 22.1. The smallest absolute Gasteiger partial charge is 0.233 e. The van der Waals surface area contributed by atoms with Crippen LogP contribution in [0.2, 0.25) is 5.15 Å². The molecule has 168 valence electrons. The van der Waals surface area contributed by atoms with Gasteiger partial charge in [0.05, 0.1) is 5.75 Å². The molecule has 0 aliphatic heterocycles. The van der Waals surface area contributed by atoms with Crippen molar-refractivity contribution >= 4 is 35.1 Å². The Bertz CT molecular complexity index is 988. The average Bonchev–Trinajstić information content (AvgIpc) is 2.81. The number of hydrogen-bond acceptors (Lipinski definition) is 5. The second kappa shape index (κ2) is 12.5. The van der Waals surface area contributed by atoms with E-state index in [0.717, 1.165) is 30.8 Å². The standard InChI is InChI=1S/C25H29ClN4OS/c1-3-15-29(2)23-17-22(26)27-25(28-23)32-19-24(31)30(18-21-12-8-5-9-13-21)16-14-20-10-6-4-7-11-20/h4-13,17H,3,14-16,18-19H2,1-2H3. The third-order valence-electron chi connectivity index (χ3n) is 5.02. The van der Waals surface area contributed by atoms with Crippen LogP contribution in [0.3, 0.4) is 0 Å². The molecule has 0 aliphatic rings. The summed E-state index contributed by atoms with van der Waals surface area (Å²) < 4.78 is 0. The molecule has 3 aromatic rings. The van der Waals surface area contributed by atoms with Crippen LogP contribution in [0.1, 0.15) is 24.5 Å². The summed E-state index contributed by atoms with van der Waals surface area (Å²) in [7, 11) is 1.98. The van der Waals surface area contributed by atoms with E-state index in [4.69, 9.17) is 11.6 Å². The van der Waals surface area contributed by atoms with Crippen molar-refractivity contribution in [2.45, 2.75) is 31.5 Å². The van der Waals surface area contributed by atoms with Crippen LogP contribution >= 0.6 is 23.4 Å². The number of aromatic nitrogens is 2. The van der Waals surface area contributed by atoms with Gasteiger partial charge in [0.1, 0.15) is 11.0 Å². The zero-order valence-corrected chi connectivity index (χ0v) is 20.1. The molecular weight excluding hydrogens is 440 g/mol. The molecule has 5 nitrogen and oxygen atoms in total. The molecule has 0 saturated heterocycles. The molecule has 0 radical (unpaired) electrons. The minimum atomic E-state index is 0.0572. The summed E-state index contributed by atoms with van der Waals surface area (Å²) in [6.45, 7) is 4.22. The SMILES string of the molecule is CCCN(C)c1cc(Cl)nc(SCC(=O)N(CCc2ccccc2)Cc2ccccc2)n1.